The van der Waals surface area contributed by atoms with E-state index in [1.165, 1.54) is 16.7 Å². The summed E-state index contributed by atoms with van der Waals surface area (Å²) in [5.74, 6) is 1.17. The number of benzene rings is 3. The van der Waals surface area contributed by atoms with Crippen LogP contribution in [0, 0.1) is 17.0 Å². The molecule has 2 heterocycles. The molecule has 0 radical (unpaired) electrons. The van der Waals surface area contributed by atoms with Crippen LogP contribution in [-0.4, -0.2) is 26.2 Å². The molecule has 5 aromatic rings. The van der Waals surface area contributed by atoms with Gasteiger partial charge in [0.25, 0.3) is 11.2 Å². The van der Waals surface area contributed by atoms with Crippen LogP contribution in [-0.2, 0) is 7.05 Å². The zero-order chi connectivity index (χ0) is 24.7. The Bertz CT molecular complexity index is 1700. The first-order chi connectivity index (χ1) is 16.9. The Morgan fingerprint density at radius 3 is 2.46 bits per heavy atom. The summed E-state index contributed by atoms with van der Waals surface area (Å²) in [6.07, 6.45) is 3.74. The van der Waals surface area contributed by atoms with Crippen molar-refractivity contribution in [1.82, 2.24) is 14.1 Å². The highest BCUT2D eigenvalue weighted by Gasteiger charge is 2.14. The number of aromatic nitrogens is 3. The van der Waals surface area contributed by atoms with Crippen molar-refractivity contribution in [3.05, 3.63) is 104 Å². The van der Waals surface area contributed by atoms with E-state index in [1.807, 2.05) is 44.3 Å². The van der Waals surface area contributed by atoms with Gasteiger partial charge in [0.15, 0.2) is 0 Å². The first-order valence-corrected chi connectivity index (χ1v) is 11.0. The van der Waals surface area contributed by atoms with Crippen molar-refractivity contribution in [3.8, 4) is 11.4 Å². The molecule has 8 heteroatoms. The van der Waals surface area contributed by atoms with Crippen molar-refractivity contribution < 1.29 is 9.66 Å². The largest absolute Gasteiger partial charge is 0.497 e. The second-order valence-electron chi connectivity index (χ2n) is 8.18. The third-order valence-corrected chi connectivity index (χ3v) is 6.27. The zero-order valence-corrected chi connectivity index (χ0v) is 19.4. The predicted octanol–water partition coefficient (Wildman–Crippen LogP) is 5.27. The summed E-state index contributed by atoms with van der Waals surface area (Å²) in [6.45, 7) is 2.03. The van der Waals surface area contributed by atoms with Gasteiger partial charge in [0.2, 0.25) is 0 Å². The average molecular weight is 466 g/mol. The molecule has 0 atom stereocenters. The molecule has 0 aliphatic rings. The number of nitro groups is 1. The van der Waals surface area contributed by atoms with E-state index < -0.39 is 4.92 Å². The third kappa shape index (κ3) is 3.74. The van der Waals surface area contributed by atoms with Crippen molar-refractivity contribution in [3.63, 3.8) is 0 Å². The number of fused-ring (bicyclic) bond motifs is 2. The van der Waals surface area contributed by atoms with Crippen molar-refractivity contribution in [2.75, 3.05) is 7.11 Å². The van der Waals surface area contributed by atoms with Crippen molar-refractivity contribution in [2.45, 2.75) is 6.92 Å². The first-order valence-electron chi connectivity index (χ1n) is 11.0. The van der Waals surface area contributed by atoms with E-state index in [2.05, 4.69) is 4.57 Å². The second-order valence-corrected chi connectivity index (χ2v) is 8.18. The normalized spacial score (nSPS) is 11.5. The summed E-state index contributed by atoms with van der Waals surface area (Å²) in [5.41, 5.74) is 3.87. The quantitative estimate of drug-likeness (QED) is 0.260. The smallest absolute Gasteiger partial charge is 0.269 e. The van der Waals surface area contributed by atoms with E-state index in [-0.39, 0.29) is 11.2 Å². The van der Waals surface area contributed by atoms with Gasteiger partial charge in [-0.3, -0.25) is 19.5 Å². The SMILES string of the molecule is COc1ccc2c(c1)c(C=Cc1nc3ccccc3c(=O)n1-c1ccc([N+](=O)[O-])cc1)c(C)n2C. The summed E-state index contributed by atoms with van der Waals surface area (Å²) >= 11 is 0. The maximum absolute atomic E-state index is 13.5. The molecule has 174 valence electrons. The Hall–Kier alpha value is -4.72. The molecule has 0 N–H and O–H groups in total. The number of methoxy groups -OCH3 is 1. The van der Waals surface area contributed by atoms with E-state index in [9.17, 15) is 14.9 Å². The fourth-order valence-corrected chi connectivity index (χ4v) is 4.31. The molecular weight excluding hydrogens is 444 g/mol. The minimum absolute atomic E-state index is 0.0482. The van der Waals surface area contributed by atoms with Crippen LogP contribution in [0.25, 0.3) is 39.6 Å². The molecule has 0 bridgehead atoms. The van der Waals surface area contributed by atoms with Gasteiger partial charge in [-0.25, -0.2) is 4.98 Å². The molecule has 0 unspecified atom stereocenters. The molecule has 2 aromatic heterocycles. The summed E-state index contributed by atoms with van der Waals surface area (Å²) < 4.78 is 9.00. The number of aryl methyl sites for hydroxylation is 1. The number of hydrogen-bond acceptors (Lipinski definition) is 5. The van der Waals surface area contributed by atoms with E-state index in [1.54, 1.807) is 43.5 Å². The maximum Gasteiger partial charge on any atom is 0.269 e. The molecule has 0 aliphatic heterocycles. The van der Waals surface area contributed by atoms with Crippen LogP contribution in [0.15, 0.2) is 71.5 Å². The van der Waals surface area contributed by atoms with E-state index in [0.717, 1.165) is 27.9 Å². The minimum Gasteiger partial charge on any atom is -0.497 e. The molecule has 0 saturated carbocycles. The Morgan fingerprint density at radius 1 is 1.00 bits per heavy atom. The molecule has 0 aliphatic carbocycles. The molecule has 3 aromatic carbocycles. The number of nitrogens with zero attached hydrogens (tertiary/aromatic N) is 4. The van der Waals surface area contributed by atoms with Gasteiger partial charge in [-0.2, -0.15) is 0 Å². The number of ether oxygens (including phenoxy) is 1. The minimum atomic E-state index is -0.469. The molecule has 0 saturated heterocycles. The molecule has 0 fully saturated rings. The lowest BCUT2D eigenvalue weighted by Gasteiger charge is -2.11. The standard InChI is InChI=1S/C27H22N4O4/c1-17-21(23-16-20(35-3)12-14-25(23)29(17)2)13-15-26-28-24-7-5-4-6-22(24)27(32)30(26)18-8-10-19(11-9-18)31(33)34/h4-16H,1-3H3. The van der Waals surface area contributed by atoms with Crippen LogP contribution in [0.3, 0.4) is 0 Å². The molecule has 0 spiro atoms. The number of non-ortho nitro benzene ring substituents is 1. The van der Waals surface area contributed by atoms with E-state index >= 15 is 0 Å². The highest BCUT2D eigenvalue weighted by molar-refractivity contribution is 5.94. The first kappa shape index (κ1) is 22.1. The monoisotopic (exact) mass is 466 g/mol. The molecule has 35 heavy (non-hydrogen) atoms. The number of hydrogen-bond donors (Lipinski definition) is 0. The van der Waals surface area contributed by atoms with Gasteiger partial charge in [0.1, 0.15) is 11.6 Å². The molecule has 0 amide bonds. The third-order valence-electron chi connectivity index (χ3n) is 6.27. The fraction of sp³-hybridized carbons (Fsp3) is 0.111. The number of para-hydroxylation sites is 1. The highest BCUT2D eigenvalue weighted by atomic mass is 16.6. The van der Waals surface area contributed by atoms with Crippen molar-refractivity contribution in [2.24, 2.45) is 7.05 Å². The summed E-state index contributed by atoms with van der Waals surface area (Å²) in [7, 11) is 3.64. The predicted molar refractivity (Wildman–Crippen MR) is 137 cm³/mol. The molecule has 5 rings (SSSR count). The Kier molecular flexibility index (Phi) is 5.41. The Balaban J connectivity index is 1.73. The van der Waals surface area contributed by atoms with Gasteiger partial charge in [0, 0.05) is 41.3 Å². The van der Waals surface area contributed by atoms with Crippen molar-refractivity contribution >= 4 is 39.6 Å². The van der Waals surface area contributed by atoms with Gasteiger partial charge in [-0.15, -0.1) is 0 Å². The van der Waals surface area contributed by atoms with Gasteiger partial charge in [-0.1, -0.05) is 12.1 Å². The number of rotatable bonds is 5. The van der Waals surface area contributed by atoms with Crippen LogP contribution in [0.5, 0.6) is 5.75 Å². The second kappa shape index (κ2) is 8.57. The van der Waals surface area contributed by atoms with Crippen LogP contribution < -0.4 is 10.3 Å². The van der Waals surface area contributed by atoms with Crippen LogP contribution in [0.2, 0.25) is 0 Å². The van der Waals surface area contributed by atoms with Gasteiger partial charge in [0.05, 0.1) is 28.6 Å². The number of nitro benzene ring substituents is 1. The molecular formula is C27H22N4O4. The van der Waals surface area contributed by atoms with Gasteiger partial charge >= 0.3 is 0 Å². The lowest BCUT2D eigenvalue weighted by Crippen LogP contribution is -2.22. The van der Waals surface area contributed by atoms with Crippen LogP contribution in [0.4, 0.5) is 5.69 Å². The van der Waals surface area contributed by atoms with Gasteiger partial charge in [-0.05, 0) is 61.5 Å². The Morgan fingerprint density at radius 2 is 1.74 bits per heavy atom. The fourth-order valence-electron chi connectivity index (χ4n) is 4.31. The Labute approximate surface area is 200 Å². The summed E-state index contributed by atoms with van der Waals surface area (Å²) in [6, 6.07) is 18.9. The average Bonchev–Trinajstić information content (AvgIpc) is 3.11. The maximum atomic E-state index is 13.5. The lowest BCUT2D eigenvalue weighted by atomic mass is 10.1. The molecule has 8 nitrogen and oxygen atoms in total. The van der Waals surface area contributed by atoms with Crippen molar-refractivity contribution in [1.29, 1.82) is 0 Å². The lowest BCUT2D eigenvalue weighted by molar-refractivity contribution is -0.384. The summed E-state index contributed by atoms with van der Waals surface area (Å²) in [4.78, 5) is 28.9. The van der Waals surface area contributed by atoms with Gasteiger partial charge < -0.3 is 9.30 Å². The van der Waals surface area contributed by atoms with Crippen LogP contribution in [0.1, 0.15) is 17.1 Å². The van der Waals surface area contributed by atoms with E-state index in [4.69, 9.17) is 9.72 Å². The van der Waals surface area contributed by atoms with Crippen LogP contribution >= 0.6 is 0 Å². The highest BCUT2D eigenvalue weighted by Crippen LogP contribution is 2.30. The zero-order valence-electron chi connectivity index (χ0n) is 19.4. The van der Waals surface area contributed by atoms with E-state index in [0.29, 0.717) is 22.4 Å². The summed E-state index contributed by atoms with van der Waals surface area (Å²) in [5, 5.41) is 12.6. The topological polar surface area (TPSA) is 92.2 Å².